The number of halogens is 3. The second kappa shape index (κ2) is 8.60. The summed E-state index contributed by atoms with van der Waals surface area (Å²) in [6.45, 7) is 0.300. The molecule has 0 bridgehead atoms. The number of amides is 3. The molecule has 30 heavy (non-hydrogen) atoms. The number of likely N-dealkylation sites (N-methyl/N-ethyl adjacent to an activating group) is 1. The molecule has 1 aliphatic heterocycles. The number of carbonyl (C=O) groups excluding carboxylic acids is 3. The van der Waals surface area contributed by atoms with Gasteiger partial charge in [0.05, 0.1) is 17.9 Å². The van der Waals surface area contributed by atoms with Crippen LogP contribution in [0, 0.1) is 5.92 Å². The lowest BCUT2D eigenvalue weighted by atomic mass is 10.1. The number of rotatable bonds is 7. The molecular weight excluding hydrogens is 405 g/mol. The topological polar surface area (TPSA) is 105 Å². The summed E-state index contributed by atoms with van der Waals surface area (Å²) in [5, 5.41) is 2.34. The third kappa shape index (κ3) is 5.08. The Balaban J connectivity index is 1.84. The van der Waals surface area contributed by atoms with E-state index < -0.39 is 35.5 Å². The van der Waals surface area contributed by atoms with E-state index in [1.54, 1.807) is 7.05 Å². The van der Waals surface area contributed by atoms with Crippen LogP contribution in [0.15, 0.2) is 18.2 Å². The number of carbonyl (C=O) groups is 3. The predicted octanol–water partition coefficient (Wildman–Crippen LogP) is 1.20. The van der Waals surface area contributed by atoms with Crippen molar-refractivity contribution < 1.29 is 32.3 Å². The van der Waals surface area contributed by atoms with E-state index in [-0.39, 0.29) is 31.1 Å². The monoisotopic (exact) mass is 428 g/mol. The van der Waals surface area contributed by atoms with E-state index in [0.29, 0.717) is 12.5 Å². The maximum atomic E-state index is 13.6. The molecule has 3 rings (SSSR count). The van der Waals surface area contributed by atoms with E-state index in [0.717, 1.165) is 29.9 Å². The minimum atomic E-state index is -4.76. The van der Waals surface area contributed by atoms with E-state index in [1.165, 1.54) is 11.0 Å². The summed E-state index contributed by atoms with van der Waals surface area (Å²) in [6, 6.07) is 1.81. The number of hydrogen-bond acceptors (Lipinski definition) is 5. The zero-order valence-corrected chi connectivity index (χ0v) is 16.4. The van der Waals surface area contributed by atoms with Gasteiger partial charge in [0, 0.05) is 18.8 Å². The number of nitrogens with zero attached hydrogens (tertiary/aromatic N) is 2. The molecule has 1 aromatic rings. The van der Waals surface area contributed by atoms with Gasteiger partial charge in [-0.05, 0) is 44.0 Å². The molecule has 0 unspecified atom stereocenters. The van der Waals surface area contributed by atoms with Crippen LogP contribution >= 0.6 is 0 Å². The van der Waals surface area contributed by atoms with Crippen LogP contribution in [0.1, 0.15) is 18.4 Å². The highest BCUT2D eigenvalue weighted by atomic mass is 19.4. The van der Waals surface area contributed by atoms with Gasteiger partial charge in [0.25, 0.3) is 11.8 Å². The van der Waals surface area contributed by atoms with Gasteiger partial charge in [0.15, 0.2) is 6.04 Å². The molecule has 1 aromatic carbocycles. The van der Waals surface area contributed by atoms with Crippen LogP contribution in [0.4, 0.5) is 24.5 Å². The van der Waals surface area contributed by atoms with Crippen LogP contribution in [-0.2, 0) is 25.3 Å². The summed E-state index contributed by atoms with van der Waals surface area (Å²) in [4.78, 5) is 38.8. The normalized spacial score (nSPS) is 18.4. The van der Waals surface area contributed by atoms with Crippen molar-refractivity contribution >= 4 is 29.1 Å². The maximum absolute atomic E-state index is 13.6. The van der Waals surface area contributed by atoms with Gasteiger partial charge in [-0.25, -0.2) is 0 Å². The number of morpholine rings is 1. The van der Waals surface area contributed by atoms with Gasteiger partial charge in [-0.2, -0.15) is 13.2 Å². The standard InChI is InChI=1S/C19H23F3N4O4/c1-25(9-11-2-3-11)16(17(23)28)18(29)24-12-4-5-14(13(8-12)19(20,21)22)26-6-7-30-10-15(26)27/h4-5,8,11,16H,2-3,6-7,9-10H2,1H3,(H2,23,28)(H,24,29)/t16-/m0/s1. The molecular formula is C19H23F3N4O4. The molecule has 1 atom stereocenters. The lowest BCUT2D eigenvalue weighted by molar-refractivity contribution is -0.137. The molecule has 8 nitrogen and oxygen atoms in total. The Labute approximate surface area is 171 Å². The highest BCUT2D eigenvalue weighted by Gasteiger charge is 2.38. The average molecular weight is 428 g/mol. The Bertz CT molecular complexity index is 842. The van der Waals surface area contributed by atoms with Crippen molar-refractivity contribution in [3.63, 3.8) is 0 Å². The van der Waals surface area contributed by atoms with Gasteiger partial charge in [0.1, 0.15) is 6.61 Å². The van der Waals surface area contributed by atoms with E-state index in [4.69, 9.17) is 10.5 Å². The second-order valence-electron chi connectivity index (χ2n) is 7.50. The molecule has 1 saturated heterocycles. The van der Waals surface area contributed by atoms with Gasteiger partial charge < -0.3 is 20.7 Å². The van der Waals surface area contributed by atoms with Crippen LogP contribution < -0.4 is 16.0 Å². The zero-order valence-electron chi connectivity index (χ0n) is 16.4. The van der Waals surface area contributed by atoms with Crippen LogP contribution in [0.3, 0.4) is 0 Å². The minimum Gasteiger partial charge on any atom is -0.370 e. The number of primary amides is 1. The number of nitrogens with one attached hydrogen (secondary N) is 1. The Kier molecular flexibility index (Phi) is 6.32. The number of benzene rings is 1. The van der Waals surface area contributed by atoms with Crippen LogP contribution in [-0.4, -0.2) is 62.0 Å². The Hall–Kier alpha value is -2.66. The molecule has 1 aliphatic carbocycles. The van der Waals surface area contributed by atoms with E-state index >= 15 is 0 Å². The molecule has 164 valence electrons. The van der Waals surface area contributed by atoms with Crippen molar-refractivity contribution in [2.24, 2.45) is 11.7 Å². The SMILES string of the molecule is CN(CC1CC1)[C@@H](C(N)=O)C(=O)Nc1ccc(N2CCOCC2=O)c(C(F)(F)F)c1. The summed E-state index contributed by atoms with van der Waals surface area (Å²) in [5.74, 6) is -1.90. The molecule has 0 spiro atoms. The molecule has 11 heteroatoms. The fraction of sp³-hybridized carbons (Fsp3) is 0.526. The fourth-order valence-electron chi connectivity index (χ4n) is 3.42. The summed E-state index contributed by atoms with van der Waals surface area (Å²) >= 11 is 0. The highest BCUT2D eigenvalue weighted by molar-refractivity contribution is 6.09. The smallest absolute Gasteiger partial charge is 0.370 e. The van der Waals surface area contributed by atoms with E-state index in [1.807, 2.05) is 0 Å². The molecule has 0 radical (unpaired) electrons. The Morgan fingerprint density at radius 2 is 2.07 bits per heavy atom. The first kappa shape index (κ1) is 22.0. The number of ether oxygens (including phenoxy) is 1. The summed E-state index contributed by atoms with van der Waals surface area (Å²) in [7, 11) is 1.57. The van der Waals surface area contributed by atoms with Crippen molar-refractivity contribution in [1.82, 2.24) is 4.90 Å². The second-order valence-corrected chi connectivity index (χ2v) is 7.50. The first-order valence-corrected chi connectivity index (χ1v) is 9.47. The largest absolute Gasteiger partial charge is 0.418 e. The summed E-state index contributed by atoms with van der Waals surface area (Å²) < 4.78 is 45.9. The molecule has 1 saturated carbocycles. The van der Waals surface area contributed by atoms with Crippen molar-refractivity contribution in [3.8, 4) is 0 Å². The quantitative estimate of drug-likeness (QED) is 0.635. The van der Waals surface area contributed by atoms with E-state index in [9.17, 15) is 27.6 Å². The summed E-state index contributed by atoms with van der Waals surface area (Å²) in [5.41, 5.74) is 3.81. The third-order valence-corrected chi connectivity index (χ3v) is 5.05. The van der Waals surface area contributed by atoms with Gasteiger partial charge in [-0.3, -0.25) is 19.3 Å². The van der Waals surface area contributed by atoms with Crippen LogP contribution in [0.25, 0.3) is 0 Å². The number of alkyl halides is 3. The Morgan fingerprint density at radius 1 is 1.37 bits per heavy atom. The number of nitrogens with two attached hydrogens (primary N) is 1. The first-order chi connectivity index (χ1) is 14.1. The number of hydrogen-bond donors (Lipinski definition) is 2. The van der Waals surface area contributed by atoms with Gasteiger partial charge in [-0.15, -0.1) is 0 Å². The highest BCUT2D eigenvalue weighted by Crippen LogP contribution is 2.39. The molecule has 1 heterocycles. The van der Waals surface area contributed by atoms with Gasteiger partial charge in [-0.1, -0.05) is 0 Å². The van der Waals surface area contributed by atoms with Crippen molar-refractivity contribution in [2.75, 3.05) is 43.6 Å². The minimum absolute atomic E-state index is 0.0106. The van der Waals surface area contributed by atoms with Crippen molar-refractivity contribution in [3.05, 3.63) is 23.8 Å². The fourth-order valence-corrected chi connectivity index (χ4v) is 3.42. The molecule has 3 amide bonds. The first-order valence-electron chi connectivity index (χ1n) is 9.47. The molecule has 0 aromatic heterocycles. The van der Waals surface area contributed by atoms with Crippen molar-refractivity contribution in [1.29, 1.82) is 0 Å². The van der Waals surface area contributed by atoms with Gasteiger partial charge >= 0.3 is 6.18 Å². The Morgan fingerprint density at radius 3 is 2.63 bits per heavy atom. The maximum Gasteiger partial charge on any atom is 0.418 e. The zero-order chi connectivity index (χ0) is 22.1. The third-order valence-electron chi connectivity index (χ3n) is 5.05. The van der Waals surface area contributed by atoms with E-state index in [2.05, 4.69) is 5.32 Å². The lowest BCUT2D eigenvalue weighted by Gasteiger charge is -2.29. The predicted molar refractivity (Wildman–Crippen MR) is 102 cm³/mol. The molecule has 2 fully saturated rings. The van der Waals surface area contributed by atoms with Crippen LogP contribution in [0.2, 0.25) is 0 Å². The number of anilines is 2. The molecule has 3 N–H and O–H groups in total. The lowest BCUT2D eigenvalue weighted by Crippen LogP contribution is -2.51. The summed E-state index contributed by atoms with van der Waals surface area (Å²) in [6.07, 6.45) is -2.78. The average Bonchev–Trinajstić information content (AvgIpc) is 3.45. The van der Waals surface area contributed by atoms with Gasteiger partial charge in [0.2, 0.25) is 5.91 Å². The molecule has 2 aliphatic rings. The van der Waals surface area contributed by atoms with Crippen molar-refractivity contribution in [2.45, 2.75) is 25.1 Å². The van der Waals surface area contributed by atoms with Crippen LogP contribution in [0.5, 0.6) is 0 Å².